The van der Waals surface area contributed by atoms with E-state index in [0.717, 1.165) is 22.9 Å². The van der Waals surface area contributed by atoms with Crippen LogP contribution >= 0.6 is 0 Å². The lowest BCUT2D eigenvalue weighted by molar-refractivity contribution is -0.149. The smallest absolute Gasteiger partial charge is 0.235 e. The number of rotatable bonds is 2. The second-order valence-corrected chi connectivity index (χ2v) is 11.5. The van der Waals surface area contributed by atoms with Gasteiger partial charge in [0.2, 0.25) is 5.91 Å². The molecule has 4 aliphatic rings. The number of nitrogens with one attached hydrogen (secondary N) is 2. The van der Waals surface area contributed by atoms with Crippen molar-refractivity contribution in [1.29, 1.82) is 0 Å². The largest absolute Gasteiger partial charge is 0.365 e. The average Bonchev–Trinajstić information content (AvgIpc) is 3.23. The number of fused-ring (bicyclic) bond motifs is 3. The van der Waals surface area contributed by atoms with Crippen LogP contribution in [0.2, 0.25) is 0 Å². The molecule has 0 bridgehead atoms. The van der Waals surface area contributed by atoms with E-state index in [0.29, 0.717) is 12.8 Å². The number of ketones is 2. The first-order valence-corrected chi connectivity index (χ1v) is 13.0. The summed E-state index contributed by atoms with van der Waals surface area (Å²) in [6, 6.07) is 7.99. The Balaban J connectivity index is 1.45. The van der Waals surface area contributed by atoms with E-state index in [1.807, 2.05) is 24.4 Å². The van der Waals surface area contributed by atoms with Crippen molar-refractivity contribution >= 4 is 28.4 Å². The number of ether oxygens (including phenoxy) is 1. The van der Waals surface area contributed by atoms with Crippen molar-refractivity contribution in [1.82, 2.24) is 10.3 Å². The van der Waals surface area contributed by atoms with Crippen molar-refractivity contribution < 1.29 is 19.1 Å². The quantitative estimate of drug-likeness (QED) is 0.389. The summed E-state index contributed by atoms with van der Waals surface area (Å²) in [5.74, 6) is -0.442. The van der Waals surface area contributed by atoms with Crippen molar-refractivity contribution in [2.75, 3.05) is 0 Å². The van der Waals surface area contributed by atoms with E-state index >= 15 is 0 Å². The van der Waals surface area contributed by atoms with Crippen LogP contribution in [-0.4, -0.2) is 40.2 Å². The van der Waals surface area contributed by atoms with E-state index in [1.165, 1.54) is 0 Å². The summed E-state index contributed by atoms with van der Waals surface area (Å²) in [5, 5.41) is 4.42. The van der Waals surface area contributed by atoms with Crippen molar-refractivity contribution in [3.05, 3.63) is 48.2 Å². The van der Waals surface area contributed by atoms with Gasteiger partial charge in [-0.1, -0.05) is 44.2 Å². The highest BCUT2D eigenvalue weighted by molar-refractivity contribution is 6.10. The second-order valence-electron chi connectivity index (χ2n) is 11.5. The fraction of sp³-hybridized carbons (Fsp3) is 0.552. The molecule has 1 amide bonds. The van der Waals surface area contributed by atoms with E-state index in [9.17, 15) is 14.4 Å². The Hall–Kier alpha value is -2.73. The SMILES string of the molecule is C[C@H]1C/C=C/[C@H]2[C@@H]3O[C@]3(C)[C@@H](C)[C@H]3[C@H](Cc4c[nH]c5ccccc45)NC(=O)C32C(=O)CCC(=O)C1. The number of aromatic amines is 1. The van der Waals surface area contributed by atoms with Gasteiger partial charge in [0.1, 0.15) is 17.0 Å². The molecular weight excluding hydrogens is 440 g/mol. The number of Topliss-reactive ketones (excluding diaryl/α,β-unsaturated/α-hetero) is 2. The molecule has 1 aromatic heterocycles. The van der Waals surface area contributed by atoms with Crippen LogP contribution in [0.4, 0.5) is 0 Å². The second kappa shape index (κ2) is 7.89. The predicted molar refractivity (Wildman–Crippen MR) is 133 cm³/mol. The van der Waals surface area contributed by atoms with Crippen LogP contribution in [0.25, 0.3) is 10.9 Å². The maximum Gasteiger partial charge on any atom is 0.235 e. The molecule has 2 saturated heterocycles. The molecule has 35 heavy (non-hydrogen) atoms. The van der Waals surface area contributed by atoms with Crippen LogP contribution in [0.5, 0.6) is 0 Å². The summed E-state index contributed by atoms with van der Waals surface area (Å²) in [7, 11) is 0. The summed E-state index contributed by atoms with van der Waals surface area (Å²) in [5.41, 5.74) is 0.659. The predicted octanol–water partition coefficient (Wildman–Crippen LogP) is 4.14. The third kappa shape index (κ3) is 3.22. The standard InChI is InChI=1S/C29H34N2O4/c1-16-7-6-9-21-26-28(3,35-26)17(2)25-23(14-18-15-30-22-10-5-4-8-20(18)22)31-27(34)29(21,25)24(33)12-11-19(32)13-16/h4-6,8-10,15-17,21,23,25-26,30H,7,11-14H2,1-3H3,(H,31,34)/b9-6+/t16-,17-,21-,23-,25-,26-,28+,29?/m0/s1. The first kappa shape index (κ1) is 22.7. The lowest BCUT2D eigenvalue weighted by atomic mass is 9.51. The van der Waals surface area contributed by atoms with Crippen LogP contribution < -0.4 is 5.32 Å². The summed E-state index contributed by atoms with van der Waals surface area (Å²) >= 11 is 0. The Labute approximate surface area is 205 Å². The van der Waals surface area contributed by atoms with Gasteiger partial charge in [-0.05, 0) is 43.2 Å². The molecule has 1 aromatic carbocycles. The van der Waals surface area contributed by atoms with E-state index in [1.54, 1.807) is 0 Å². The number of allylic oxidation sites excluding steroid dienone is 1. The Morgan fingerprint density at radius 2 is 1.91 bits per heavy atom. The van der Waals surface area contributed by atoms with Gasteiger partial charge in [0.15, 0.2) is 0 Å². The zero-order valence-corrected chi connectivity index (χ0v) is 20.7. The summed E-state index contributed by atoms with van der Waals surface area (Å²) in [6.07, 6.45) is 8.23. The first-order chi connectivity index (χ1) is 16.8. The molecule has 1 unspecified atom stereocenters. The number of H-pyrrole nitrogens is 1. The maximum atomic E-state index is 14.1. The topological polar surface area (TPSA) is 91.6 Å². The Kier molecular flexibility index (Phi) is 5.12. The molecule has 8 atom stereocenters. The van der Waals surface area contributed by atoms with Crippen LogP contribution in [0.1, 0.15) is 52.0 Å². The number of epoxide rings is 1. The number of carbonyl (C=O) groups excluding carboxylic acids is 3. The van der Waals surface area contributed by atoms with E-state index in [4.69, 9.17) is 4.74 Å². The molecule has 3 heterocycles. The molecule has 2 N–H and O–H groups in total. The molecule has 184 valence electrons. The zero-order chi connectivity index (χ0) is 24.5. The van der Waals surface area contributed by atoms with Gasteiger partial charge >= 0.3 is 0 Å². The van der Waals surface area contributed by atoms with Gasteiger partial charge < -0.3 is 15.0 Å². The van der Waals surface area contributed by atoms with Crippen LogP contribution in [-0.2, 0) is 25.5 Å². The molecule has 1 spiro atoms. The number of carbonyl (C=O) groups is 3. The van der Waals surface area contributed by atoms with Crippen molar-refractivity contribution in [3.63, 3.8) is 0 Å². The molecule has 3 fully saturated rings. The number of amides is 1. The third-order valence-corrected chi connectivity index (χ3v) is 9.50. The molecule has 6 nitrogen and oxygen atoms in total. The maximum absolute atomic E-state index is 14.1. The zero-order valence-electron chi connectivity index (χ0n) is 20.7. The van der Waals surface area contributed by atoms with Gasteiger partial charge in [0.25, 0.3) is 0 Å². The highest BCUT2D eigenvalue weighted by Crippen LogP contribution is 2.66. The minimum Gasteiger partial charge on any atom is -0.365 e. The Bertz CT molecular complexity index is 1250. The Morgan fingerprint density at radius 3 is 2.74 bits per heavy atom. The lowest BCUT2D eigenvalue weighted by Crippen LogP contribution is -2.58. The van der Waals surface area contributed by atoms with E-state index in [2.05, 4.69) is 49.3 Å². The van der Waals surface area contributed by atoms with Gasteiger partial charge in [-0.25, -0.2) is 0 Å². The van der Waals surface area contributed by atoms with Crippen molar-refractivity contribution in [2.45, 2.75) is 70.6 Å². The molecule has 6 rings (SSSR count). The molecule has 0 radical (unpaired) electrons. The minimum atomic E-state index is -1.19. The highest BCUT2D eigenvalue weighted by Gasteiger charge is 2.78. The fourth-order valence-corrected chi connectivity index (χ4v) is 7.55. The molecule has 2 aliphatic carbocycles. The highest BCUT2D eigenvalue weighted by atomic mass is 16.6. The van der Waals surface area contributed by atoms with E-state index in [-0.39, 0.29) is 71.7 Å². The van der Waals surface area contributed by atoms with E-state index < -0.39 is 5.41 Å². The third-order valence-electron chi connectivity index (χ3n) is 9.50. The minimum absolute atomic E-state index is 0.0232. The molecule has 2 aliphatic heterocycles. The fourth-order valence-electron chi connectivity index (χ4n) is 7.55. The van der Waals surface area contributed by atoms with Gasteiger partial charge in [-0.15, -0.1) is 0 Å². The number of hydrogen-bond acceptors (Lipinski definition) is 4. The monoisotopic (exact) mass is 474 g/mol. The Morgan fingerprint density at radius 1 is 1.11 bits per heavy atom. The van der Waals surface area contributed by atoms with Crippen LogP contribution in [0, 0.1) is 29.1 Å². The summed E-state index contributed by atoms with van der Waals surface area (Å²) in [4.78, 5) is 44.0. The average molecular weight is 475 g/mol. The van der Waals surface area contributed by atoms with Gasteiger partial charge in [-0.3, -0.25) is 14.4 Å². The molecule has 1 saturated carbocycles. The number of benzene rings is 1. The first-order valence-electron chi connectivity index (χ1n) is 13.0. The van der Waals surface area contributed by atoms with Crippen molar-refractivity contribution in [2.24, 2.45) is 29.1 Å². The molecule has 6 heteroatoms. The van der Waals surface area contributed by atoms with Crippen molar-refractivity contribution in [3.8, 4) is 0 Å². The normalized spacial score (nSPS) is 42.0. The number of hydrogen-bond donors (Lipinski definition) is 2. The summed E-state index contributed by atoms with van der Waals surface area (Å²) in [6.45, 7) is 6.34. The number of para-hydroxylation sites is 1. The van der Waals surface area contributed by atoms with Gasteiger partial charge in [0.05, 0.1) is 11.7 Å². The molecular formula is C29H34N2O4. The van der Waals surface area contributed by atoms with Crippen LogP contribution in [0.3, 0.4) is 0 Å². The van der Waals surface area contributed by atoms with Crippen LogP contribution in [0.15, 0.2) is 42.6 Å². The number of aromatic nitrogens is 1. The molecule has 2 aromatic rings. The van der Waals surface area contributed by atoms with Gasteiger partial charge in [-0.2, -0.15) is 0 Å². The van der Waals surface area contributed by atoms with Gasteiger partial charge in [0, 0.05) is 54.2 Å². The summed E-state index contributed by atoms with van der Waals surface area (Å²) < 4.78 is 6.32. The lowest BCUT2D eigenvalue weighted by Gasteiger charge is -2.46.